The second-order valence-electron chi connectivity index (χ2n) is 4.44. The normalized spacial score (nSPS) is 10.8. The van der Waals surface area contributed by atoms with E-state index in [0.717, 1.165) is 15.7 Å². The number of rotatable bonds is 3. The lowest BCUT2D eigenvalue weighted by Gasteiger charge is -2.10. The van der Waals surface area contributed by atoms with Crippen LogP contribution in [0.15, 0.2) is 53.0 Å². The fourth-order valence-corrected chi connectivity index (χ4v) is 2.90. The molecule has 0 spiro atoms. The largest absolute Gasteiger partial charge is 0.324 e. The molecule has 0 saturated heterocycles. The molecule has 2 aromatic carbocycles. The van der Waals surface area contributed by atoms with Gasteiger partial charge in [-0.05, 0) is 30.3 Å². The van der Waals surface area contributed by atoms with Crippen LogP contribution in [0.25, 0.3) is 17.1 Å². The standard InChI is InChI=1S/C15H12BrClN4/c16-10-6-7-12(13(17)8-10)15-20-19-14(9-18)21(15)11-4-2-1-3-5-11/h1-8H,9,18H2. The second-order valence-corrected chi connectivity index (χ2v) is 5.76. The Morgan fingerprint density at radius 3 is 2.52 bits per heavy atom. The summed E-state index contributed by atoms with van der Waals surface area (Å²) in [5, 5.41) is 9.03. The van der Waals surface area contributed by atoms with Crippen molar-refractivity contribution in [3.05, 3.63) is 63.9 Å². The van der Waals surface area contributed by atoms with Gasteiger partial charge in [0.25, 0.3) is 0 Å². The molecule has 106 valence electrons. The Morgan fingerprint density at radius 1 is 1.10 bits per heavy atom. The number of nitrogens with two attached hydrogens (primary N) is 1. The fraction of sp³-hybridized carbons (Fsp3) is 0.0667. The van der Waals surface area contributed by atoms with Crippen LogP contribution >= 0.6 is 27.5 Å². The fourth-order valence-electron chi connectivity index (χ4n) is 2.14. The molecule has 4 nitrogen and oxygen atoms in total. The summed E-state index contributed by atoms with van der Waals surface area (Å²) in [5.74, 6) is 1.37. The van der Waals surface area contributed by atoms with E-state index < -0.39 is 0 Å². The second kappa shape index (κ2) is 5.97. The third-order valence-corrected chi connectivity index (χ3v) is 3.91. The molecule has 0 aliphatic carbocycles. The van der Waals surface area contributed by atoms with Gasteiger partial charge in [0.15, 0.2) is 11.6 Å². The van der Waals surface area contributed by atoms with Crippen LogP contribution in [0.2, 0.25) is 5.02 Å². The molecule has 0 aliphatic heterocycles. The maximum Gasteiger partial charge on any atom is 0.170 e. The number of hydrogen-bond donors (Lipinski definition) is 1. The highest BCUT2D eigenvalue weighted by Gasteiger charge is 2.16. The lowest BCUT2D eigenvalue weighted by molar-refractivity contribution is 0.861. The Balaban J connectivity index is 2.22. The smallest absolute Gasteiger partial charge is 0.170 e. The molecule has 0 fully saturated rings. The quantitative estimate of drug-likeness (QED) is 0.770. The summed E-state index contributed by atoms with van der Waals surface area (Å²) in [6.45, 7) is 0.302. The Labute approximate surface area is 135 Å². The Kier molecular flexibility index (Phi) is 4.05. The molecule has 6 heteroatoms. The summed E-state index contributed by atoms with van der Waals surface area (Å²) in [6, 6.07) is 15.5. The van der Waals surface area contributed by atoms with Gasteiger partial charge in [-0.25, -0.2) is 0 Å². The summed E-state index contributed by atoms with van der Waals surface area (Å²) >= 11 is 9.74. The maximum atomic E-state index is 6.33. The van der Waals surface area contributed by atoms with E-state index in [1.54, 1.807) is 0 Å². The Hall–Kier alpha value is -1.69. The van der Waals surface area contributed by atoms with Gasteiger partial charge in [0.2, 0.25) is 0 Å². The van der Waals surface area contributed by atoms with Gasteiger partial charge in [-0.2, -0.15) is 0 Å². The van der Waals surface area contributed by atoms with Crippen LogP contribution in [0.3, 0.4) is 0 Å². The molecule has 21 heavy (non-hydrogen) atoms. The number of hydrogen-bond acceptors (Lipinski definition) is 3. The molecular weight excluding hydrogens is 352 g/mol. The minimum Gasteiger partial charge on any atom is -0.324 e. The Morgan fingerprint density at radius 2 is 1.86 bits per heavy atom. The van der Waals surface area contributed by atoms with Gasteiger partial charge in [0, 0.05) is 15.7 Å². The molecule has 0 saturated carbocycles. The number of benzene rings is 2. The molecule has 1 heterocycles. The summed E-state index contributed by atoms with van der Waals surface area (Å²) in [6.07, 6.45) is 0. The minimum atomic E-state index is 0.302. The van der Waals surface area contributed by atoms with E-state index in [1.807, 2.05) is 53.1 Å². The highest BCUT2D eigenvalue weighted by molar-refractivity contribution is 9.10. The molecule has 3 rings (SSSR count). The molecular formula is C15H12BrClN4. The minimum absolute atomic E-state index is 0.302. The highest BCUT2D eigenvalue weighted by atomic mass is 79.9. The first-order valence-electron chi connectivity index (χ1n) is 6.36. The number of para-hydroxylation sites is 1. The van der Waals surface area contributed by atoms with Gasteiger partial charge in [0.1, 0.15) is 0 Å². The zero-order valence-corrected chi connectivity index (χ0v) is 13.3. The molecule has 0 aliphatic rings. The van der Waals surface area contributed by atoms with E-state index in [1.165, 1.54) is 0 Å². The predicted octanol–water partition coefficient (Wildman–Crippen LogP) is 3.81. The molecule has 0 atom stereocenters. The monoisotopic (exact) mass is 362 g/mol. The van der Waals surface area contributed by atoms with Crippen molar-refractivity contribution in [2.75, 3.05) is 0 Å². The van der Waals surface area contributed by atoms with Crippen molar-refractivity contribution in [1.29, 1.82) is 0 Å². The number of nitrogens with zero attached hydrogens (tertiary/aromatic N) is 3. The van der Waals surface area contributed by atoms with E-state index in [-0.39, 0.29) is 0 Å². The van der Waals surface area contributed by atoms with Crippen LogP contribution in [0, 0.1) is 0 Å². The predicted molar refractivity (Wildman–Crippen MR) is 87.4 cm³/mol. The topological polar surface area (TPSA) is 56.7 Å². The molecule has 0 unspecified atom stereocenters. The van der Waals surface area contributed by atoms with Crippen molar-refractivity contribution in [3.8, 4) is 17.1 Å². The van der Waals surface area contributed by atoms with Gasteiger partial charge < -0.3 is 5.73 Å². The van der Waals surface area contributed by atoms with Crippen molar-refractivity contribution in [3.63, 3.8) is 0 Å². The summed E-state index contributed by atoms with van der Waals surface area (Å²) < 4.78 is 2.84. The van der Waals surface area contributed by atoms with Crippen molar-refractivity contribution in [2.24, 2.45) is 5.73 Å². The van der Waals surface area contributed by atoms with E-state index in [4.69, 9.17) is 17.3 Å². The van der Waals surface area contributed by atoms with Crippen LogP contribution in [-0.2, 0) is 6.54 Å². The molecule has 1 aromatic heterocycles. The molecule has 0 bridgehead atoms. The van der Waals surface area contributed by atoms with Gasteiger partial charge in [-0.1, -0.05) is 45.7 Å². The van der Waals surface area contributed by atoms with E-state index in [9.17, 15) is 0 Å². The third-order valence-electron chi connectivity index (χ3n) is 3.10. The van der Waals surface area contributed by atoms with Crippen molar-refractivity contribution < 1.29 is 0 Å². The van der Waals surface area contributed by atoms with E-state index in [2.05, 4.69) is 26.1 Å². The molecule has 0 radical (unpaired) electrons. The van der Waals surface area contributed by atoms with Gasteiger partial charge in [-0.3, -0.25) is 4.57 Å². The van der Waals surface area contributed by atoms with Crippen LogP contribution in [0.5, 0.6) is 0 Å². The van der Waals surface area contributed by atoms with Crippen molar-refractivity contribution in [1.82, 2.24) is 14.8 Å². The number of halogens is 2. The van der Waals surface area contributed by atoms with Gasteiger partial charge >= 0.3 is 0 Å². The van der Waals surface area contributed by atoms with Gasteiger partial charge in [0.05, 0.1) is 11.6 Å². The van der Waals surface area contributed by atoms with Crippen LogP contribution in [-0.4, -0.2) is 14.8 Å². The summed E-state index contributed by atoms with van der Waals surface area (Å²) in [7, 11) is 0. The zero-order chi connectivity index (χ0) is 14.8. The average molecular weight is 364 g/mol. The SMILES string of the molecule is NCc1nnc(-c2ccc(Br)cc2Cl)n1-c1ccccc1. The van der Waals surface area contributed by atoms with E-state index in [0.29, 0.717) is 23.2 Å². The zero-order valence-electron chi connectivity index (χ0n) is 11.0. The van der Waals surface area contributed by atoms with Crippen molar-refractivity contribution >= 4 is 27.5 Å². The Bertz CT molecular complexity index is 771. The summed E-state index contributed by atoms with van der Waals surface area (Å²) in [4.78, 5) is 0. The highest BCUT2D eigenvalue weighted by Crippen LogP contribution is 2.31. The third kappa shape index (κ3) is 2.72. The van der Waals surface area contributed by atoms with Gasteiger partial charge in [-0.15, -0.1) is 10.2 Å². The van der Waals surface area contributed by atoms with Crippen LogP contribution < -0.4 is 5.73 Å². The summed E-state index contributed by atoms with van der Waals surface area (Å²) in [5.41, 5.74) is 7.55. The van der Waals surface area contributed by atoms with Crippen LogP contribution in [0.1, 0.15) is 5.82 Å². The van der Waals surface area contributed by atoms with Crippen molar-refractivity contribution in [2.45, 2.75) is 6.54 Å². The lowest BCUT2D eigenvalue weighted by Crippen LogP contribution is -2.07. The average Bonchev–Trinajstić information content (AvgIpc) is 2.92. The molecule has 2 N–H and O–H groups in total. The lowest BCUT2D eigenvalue weighted by atomic mass is 10.2. The first kappa shape index (κ1) is 14.3. The molecule has 3 aromatic rings. The number of aromatic nitrogens is 3. The molecule has 0 amide bonds. The first-order chi connectivity index (χ1) is 10.2. The maximum absolute atomic E-state index is 6.33. The first-order valence-corrected chi connectivity index (χ1v) is 7.53. The van der Waals surface area contributed by atoms with Crippen LogP contribution in [0.4, 0.5) is 0 Å². The van der Waals surface area contributed by atoms with E-state index >= 15 is 0 Å².